The van der Waals surface area contributed by atoms with Gasteiger partial charge in [0.2, 0.25) is 0 Å². The molecule has 0 unspecified atom stereocenters. The van der Waals surface area contributed by atoms with Gasteiger partial charge >= 0.3 is 11.9 Å². The Balaban J connectivity index is 2.52. The molecule has 0 radical (unpaired) electrons. The fourth-order valence-electron chi connectivity index (χ4n) is 2.70. The molecule has 0 spiro atoms. The van der Waals surface area contributed by atoms with Crippen molar-refractivity contribution in [2.24, 2.45) is 0 Å². The lowest BCUT2D eigenvalue weighted by Gasteiger charge is -2.30. The van der Waals surface area contributed by atoms with Gasteiger partial charge in [-0.25, -0.2) is 9.59 Å². The average molecular weight is 429 g/mol. The van der Waals surface area contributed by atoms with Crippen LogP contribution in [0.4, 0.5) is 0 Å². The maximum Gasteiger partial charge on any atom is 0.341 e. The van der Waals surface area contributed by atoms with Gasteiger partial charge < -0.3 is 30.0 Å². The summed E-state index contributed by atoms with van der Waals surface area (Å²) in [5, 5.41) is 15.3. The molecular formula is C18H21ClN2O6S. The van der Waals surface area contributed by atoms with Crippen molar-refractivity contribution in [3.8, 4) is 11.5 Å². The van der Waals surface area contributed by atoms with Crippen LogP contribution in [0.25, 0.3) is 0 Å². The van der Waals surface area contributed by atoms with Crippen LogP contribution in [0.15, 0.2) is 23.4 Å². The van der Waals surface area contributed by atoms with Crippen molar-refractivity contribution in [2.75, 3.05) is 19.8 Å². The van der Waals surface area contributed by atoms with Crippen LogP contribution in [0, 0.1) is 0 Å². The summed E-state index contributed by atoms with van der Waals surface area (Å²) < 4.78 is 16.0. The van der Waals surface area contributed by atoms with Crippen LogP contribution in [0.3, 0.4) is 0 Å². The smallest absolute Gasteiger partial charge is 0.341 e. The van der Waals surface area contributed by atoms with Crippen molar-refractivity contribution in [3.05, 3.63) is 34.0 Å². The second kappa shape index (κ2) is 9.61. The summed E-state index contributed by atoms with van der Waals surface area (Å²) in [6, 6.07) is 2.38. The summed E-state index contributed by atoms with van der Waals surface area (Å²) in [4.78, 5) is 23.3. The predicted molar refractivity (Wildman–Crippen MR) is 107 cm³/mol. The Hall–Kier alpha value is -2.52. The van der Waals surface area contributed by atoms with Crippen molar-refractivity contribution < 1.29 is 28.9 Å². The van der Waals surface area contributed by atoms with Crippen molar-refractivity contribution >= 4 is 40.9 Å². The lowest BCUT2D eigenvalue weighted by atomic mass is 9.95. The van der Waals surface area contributed by atoms with E-state index in [1.165, 1.54) is 6.07 Å². The van der Waals surface area contributed by atoms with Gasteiger partial charge in [-0.2, -0.15) is 0 Å². The second-order valence-corrected chi connectivity index (χ2v) is 6.54. The molecule has 0 fully saturated rings. The Morgan fingerprint density at radius 3 is 2.50 bits per heavy atom. The fraction of sp³-hybridized carbons (Fsp3) is 0.389. The van der Waals surface area contributed by atoms with Gasteiger partial charge in [-0.1, -0.05) is 11.6 Å². The lowest BCUT2D eigenvalue weighted by molar-refractivity contribution is -0.140. The molecule has 8 nitrogen and oxygen atoms in total. The van der Waals surface area contributed by atoms with Crippen LogP contribution in [0.2, 0.25) is 5.02 Å². The van der Waals surface area contributed by atoms with Crippen molar-refractivity contribution in [1.29, 1.82) is 0 Å². The van der Waals surface area contributed by atoms with Gasteiger partial charge in [0.15, 0.2) is 23.2 Å². The fourth-order valence-corrected chi connectivity index (χ4v) is 3.23. The van der Waals surface area contributed by atoms with Crippen molar-refractivity contribution in [3.63, 3.8) is 0 Å². The number of rotatable bonds is 8. The third-order valence-corrected chi connectivity index (χ3v) is 4.34. The van der Waals surface area contributed by atoms with E-state index in [0.717, 1.165) is 0 Å². The number of hydrogen-bond donors (Lipinski definition) is 3. The second-order valence-electron chi connectivity index (χ2n) is 5.73. The molecule has 1 heterocycles. The van der Waals surface area contributed by atoms with Crippen LogP contribution < -0.4 is 20.1 Å². The quantitative estimate of drug-likeness (QED) is 0.425. The minimum atomic E-state index is -1.13. The zero-order valence-corrected chi connectivity index (χ0v) is 17.2. The van der Waals surface area contributed by atoms with Gasteiger partial charge in [0.25, 0.3) is 0 Å². The number of carbonyl (C=O) groups excluding carboxylic acids is 1. The number of allylic oxidation sites excluding steroid dienone is 1. The van der Waals surface area contributed by atoms with E-state index in [1.54, 1.807) is 26.8 Å². The van der Waals surface area contributed by atoms with E-state index in [1.807, 2.05) is 0 Å². The maximum atomic E-state index is 12.5. The van der Waals surface area contributed by atoms with Crippen LogP contribution in [-0.2, 0) is 14.3 Å². The number of ether oxygens (including phenoxy) is 3. The van der Waals surface area contributed by atoms with E-state index in [9.17, 15) is 9.59 Å². The Bertz CT molecular complexity index is 827. The van der Waals surface area contributed by atoms with E-state index in [4.69, 9.17) is 43.1 Å². The van der Waals surface area contributed by atoms with E-state index in [2.05, 4.69) is 10.6 Å². The third-order valence-electron chi connectivity index (χ3n) is 3.79. The first kappa shape index (κ1) is 21.8. The van der Waals surface area contributed by atoms with Crippen LogP contribution in [0.1, 0.15) is 32.4 Å². The number of thiocarbonyl (C=S) groups is 1. The number of halogens is 1. The monoisotopic (exact) mass is 428 g/mol. The van der Waals surface area contributed by atoms with E-state index >= 15 is 0 Å². The first-order valence-corrected chi connectivity index (χ1v) is 9.33. The zero-order chi connectivity index (χ0) is 20.8. The molecule has 152 valence electrons. The molecule has 1 aliphatic heterocycles. The molecule has 0 amide bonds. The van der Waals surface area contributed by atoms with Crippen LogP contribution in [-0.4, -0.2) is 42.0 Å². The summed E-state index contributed by atoms with van der Waals surface area (Å²) in [6.45, 7) is 5.20. The summed E-state index contributed by atoms with van der Waals surface area (Å²) in [6.07, 6.45) is 0. The molecular weight excluding hydrogens is 408 g/mol. The molecule has 28 heavy (non-hydrogen) atoms. The molecule has 0 aromatic heterocycles. The van der Waals surface area contributed by atoms with Gasteiger partial charge in [-0.15, -0.1) is 0 Å². The molecule has 1 atom stereocenters. The van der Waals surface area contributed by atoms with Gasteiger partial charge in [0.1, 0.15) is 0 Å². The van der Waals surface area contributed by atoms with Gasteiger partial charge in [0, 0.05) is 17.3 Å². The van der Waals surface area contributed by atoms with Gasteiger partial charge in [-0.3, -0.25) is 0 Å². The largest absolute Gasteiger partial charge is 0.490 e. The molecule has 2 rings (SSSR count). The number of carboxylic acid groups (broad SMARTS) is 1. The molecule has 0 bridgehead atoms. The highest BCUT2D eigenvalue weighted by atomic mass is 35.5. The molecule has 0 saturated heterocycles. The van der Waals surface area contributed by atoms with Gasteiger partial charge in [-0.05, 0) is 39.1 Å². The van der Waals surface area contributed by atoms with Crippen LogP contribution >= 0.6 is 23.8 Å². The molecule has 1 aromatic rings. The number of benzene rings is 1. The number of esters is 1. The highest BCUT2D eigenvalue weighted by Gasteiger charge is 2.33. The molecule has 1 aliphatic rings. The Morgan fingerprint density at radius 2 is 1.89 bits per heavy atom. The Kier molecular flexibility index (Phi) is 7.47. The number of hydrogen-bond acceptors (Lipinski definition) is 6. The number of nitrogens with one attached hydrogen (secondary N) is 2. The number of aliphatic carboxylic acids is 1. The number of carboxylic acids is 1. The van der Waals surface area contributed by atoms with Gasteiger partial charge in [0.05, 0.1) is 29.9 Å². The molecule has 10 heteroatoms. The summed E-state index contributed by atoms with van der Waals surface area (Å²) in [7, 11) is 0. The van der Waals surface area contributed by atoms with Crippen molar-refractivity contribution in [1.82, 2.24) is 10.6 Å². The predicted octanol–water partition coefficient (Wildman–Crippen LogP) is 2.56. The van der Waals surface area contributed by atoms with E-state index < -0.39 is 24.6 Å². The van der Waals surface area contributed by atoms with E-state index in [-0.39, 0.29) is 17.4 Å². The standard InChI is InChI=1S/C18H21ClN2O6S/c1-4-25-12-6-10(11(19)7-13(12)27-8-14(22)23)16-15(17(24)26-5-2)9(3)20-18(28)21-16/h6-7,16H,4-5,8H2,1-3H3,(H,22,23)(H2,20,21,28)/t16-/m0/s1. The molecule has 3 N–H and O–H groups in total. The first-order chi connectivity index (χ1) is 13.3. The molecule has 0 saturated carbocycles. The topological polar surface area (TPSA) is 106 Å². The molecule has 0 aliphatic carbocycles. The minimum absolute atomic E-state index is 0.188. The first-order valence-electron chi connectivity index (χ1n) is 8.54. The highest BCUT2D eigenvalue weighted by molar-refractivity contribution is 7.80. The summed E-state index contributed by atoms with van der Waals surface area (Å²) in [5.74, 6) is -1.15. The number of carbonyl (C=O) groups is 2. The average Bonchev–Trinajstić information content (AvgIpc) is 2.61. The van der Waals surface area contributed by atoms with Crippen molar-refractivity contribution in [2.45, 2.75) is 26.8 Å². The third kappa shape index (κ3) is 5.05. The van der Waals surface area contributed by atoms with Crippen LogP contribution in [0.5, 0.6) is 11.5 Å². The van der Waals surface area contributed by atoms with E-state index in [0.29, 0.717) is 34.3 Å². The lowest BCUT2D eigenvalue weighted by Crippen LogP contribution is -2.45. The highest BCUT2D eigenvalue weighted by Crippen LogP contribution is 2.39. The summed E-state index contributed by atoms with van der Waals surface area (Å²) in [5.41, 5.74) is 1.39. The minimum Gasteiger partial charge on any atom is -0.490 e. The normalized spacial score (nSPS) is 16.1. The SMILES string of the molecule is CCOC(=O)C1=C(C)NC(=S)N[C@H]1c1cc(OCC)c(OCC(=O)O)cc1Cl. The molecule has 1 aromatic carbocycles. The summed E-state index contributed by atoms with van der Waals surface area (Å²) >= 11 is 11.6. The Morgan fingerprint density at radius 1 is 1.21 bits per heavy atom. The zero-order valence-electron chi connectivity index (χ0n) is 15.6. The Labute approximate surface area is 172 Å². The maximum absolute atomic E-state index is 12.5.